The second-order valence-electron chi connectivity index (χ2n) is 9.84. The topological polar surface area (TPSA) is 102 Å². The average Bonchev–Trinajstić information content (AvgIpc) is 3.51. The second kappa shape index (κ2) is 12.4. The van der Waals surface area contributed by atoms with Crippen LogP contribution in [0.3, 0.4) is 0 Å². The highest BCUT2D eigenvalue weighted by Gasteiger charge is 2.22. The summed E-state index contributed by atoms with van der Waals surface area (Å²) in [6.07, 6.45) is 3.61. The molecule has 210 valence electrons. The van der Waals surface area contributed by atoms with Crippen LogP contribution in [0.1, 0.15) is 39.3 Å². The van der Waals surface area contributed by atoms with Gasteiger partial charge in [0.05, 0.1) is 43.9 Å². The van der Waals surface area contributed by atoms with Gasteiger partial charge in [0.15, 0.2) is 11.6 Å². The third-order valence-electron chi connectivity index (χ3n) is 7.17. The van der Waals surface area contributed by atoms with Gasteiger partial charge in [-0.25, -0.2) is 4.39 Å². The summed E-state index contributed by atoms with van der Waals surface area (Å²) in [4.78, 5) is 32.3. The molecule has 0 spiro atoms. The summed E-state index contributed by atoms with van der Waals surface area (Å²) >= 11 is 0. The van der Waals surface area contributed by atoms with Crippen LogP contribution in [0, 0.1) is 12.7 Å². The summed E-state index contributed by atoms with van der Waals surface area (Å²) in [6.45, 7) is 5.39. The first-order valence-electron chi connectivity index (χ1n) is 13.4. The van der Waals surface area contributed by atoms with E-state index in [0.717, 1.165) is 36.3 Å². The molecule has 0 aliphatic carbocycles. The van der Waals surface area contributed by atoms with Gasteiger partial charge in [0, 0.05) is 54.8 Å². The Labute approximate surface area is 232 Å². The Kier molecular flexibility index (Phi) is 8.57. The van der Waals surface area contributed by atoms with E-state index in [0.29, 0.717) is 49.8 Å². The number of aryl methyl sites for hydroxylation is 1. The SMILES string of the molecule is COc1c(F)cc(N2CCOCC2)cc1C(=O)Nc1cnc(C)c(-c2ccc(C(=O)NCC3CCCO3)cc2)c1. The highest BCUT2D eigenvalue weighted by molar-refractivity contribution is 6.07. The molecule has 40 heavy (non-hydrogen) atoms. The van der Waals surface area contributed by atoms with E-state index in [-0.39, 0.29) is 23.3 Å². The number of morpholine rings is 1. The Bertz CT molecular complexity index is 1370. The van der Waals surface area contributed by atoms with Crippen LogP contribution >= 0.6 is 0 Å². The highest BCUT2D eigenvalue weighted by Crippen LogP contribution is 2.31. The predicted molar refractivity (Wildman–Crippen MR) is 150 cm³/mol. The minimum Gasteiger partial charge on any atom is -0.493 e. The largest absolute Gasteiger partial charge is 0.493 e. The molecular weight excluding hydrogens is 515 g/mol. The van der Waals surface area contributed by atoms with E-state index in [1.165, 1.54) is 13.2 Å². The minimum absolute atomic E-state index is 0.0770. The Morgan fingerprint density at radius 2 is 1.88 bits per heavy atom. The lowest BCUT2D eigenvalue weighted by Gasteiger charge is -2.29. The lowest BCUT2D eigenvalue weighted by atomic mass is 10.0. The van der Waals surface area contributed by atoms with Crippen LogP contribution in [0.2, 0.25) is 0 Å². The maximum atomic E-state index is 14.9. The monoisotopic (exact) mass is 548 g/mol. The van der Waals surface area contributed by atoms with Crippen LogP contribution in [0.25, 0.3) is 11.1 Å². The number of aromatic nitrogens is 1. The normalized spacial score (nSPS) is 17.0. The molecule has 2 aliphatic heterocycles. The van der Waals surface area contributed by atoms with Crippen LogP contribution < -0.4 is 20.3 Å². The van der Waals surface area contributed by atoms with E-state index in [4.69, 9.17) is 14.2 Å². The summed E-state index contributed by atoms with van der Waals surface area (Å²) in [5.41, 5.74) is 4.07. The number of carbonyl (C=O) groups is 2. The number of ether oxygens (including phenoxy) is 3. The maximum Gasteiger partial charge on any atom is 0.259 e. The van der Waals surface area contributed by atoms with Gasteiger partial charge in [-0.2, -0.15) is 0 Å². The zero-order valence-corrected chi connectivity index (χ0v) is 22.7. The quantitative estimate of drug-likeness (QED) is 0.435. The van der Waals surface area contributed by atoms with Gasteiger partial charge in [-0.05, 0) is 49.6 Å². The van der Waals surface area contributed by atoms with Crippen LogP contribution in [0.4, 0.5) is 15.8 Å². The molecule has 3 aromatic rings. The molecule has 2 aliphatic rings. The molecule has 0 bridgehead atoms. The van der Waals surface area contributed by atoms with E-state index in [2.05, 4.69) is 15.6 Å². The maximum absolute atomic E-state index is 14.9. The minimum atomic E-state index is -0.612. The van der Waals surface area contributed by atoms with Crippen molar-refractivity contribution in [3.63, 3.8) is 0 Å². The van der Waals surface area contributed by atoms with Crippen LogP contribution in [0.5, 0.6) is 5.75 Å². The molecular formula is C30H33FN4O5. The molecule has 1 atom stereocenters. The summed E-state index contributed by atoms with van der Waals surface area (Å²) < 4.78 is 31.1. The number of nitrogens with zero attached hydrogens (tertiary/aromatic N) is 2. The number of methoxy groups -OCH3 is 1. The van der Waals surface area contributed by atoms with Gasteiger partial charge in [-0.3, -0.25) is 14.6 Å². The van der Waals surface area contributed by atoms with Crippen LogP contribution in [0.15, 0.2) is 48.7 Å². The van der Waals surface area contributed by atoms with E-state index < -0.39 is 11.7 Å². The lowest BCUT2D eigenvalue weighted by Crippen LogP contribution is -2.36. The van der Waals surface area contributed by atoms with Crippen molar-refractivity contribution in [3.05, 3.63) is 71.3 Å². The van der Waals surface area contributed by atoms with E-state index in [1.54, 1.807) is 30.5 Å². The number of anilines is 2. The van der Waals surface area contributed by atoms with Gasteiger partial charge < -0.3 is 29.7 Å². The number of hydrogen-bond donors (Lipinski definition) is 2. The Hall–Kier alpha value is -4.02. The second-order valence-corrected chi connectivity index (χ2v) is 9.84. The third kappa shape index (κ3) is 6.24. The van der Waals surface area contributed by atoms with E-state index >= 15 is 0 Å². The fourth-order valence-electron chi connectivity index (χ4n) is 4.97. The van der Waals surface area contributed by atoms with Gasteiger partial charge in [0.2, 0.25) is 0 Å². The average molecular weight is 549 g/mol. The first-order valence-corrected chi connectivity index (χ1v) is 13.4. The molecule has 0 saturated carbocycles. The smallest absolute Gasteiger partial charge is 0.259 e. The summed E-state index contributed by atoms with van der Waals surface area (Å²) in [6, 6.07) is 12.0. The number of benzene rings is 2. The molecule has 2 fully saturated rings. The number of nitrogens with one attached hydrogen (secondary N) is 2. The van der Waals surface area contributed by atoms with Crippen molar-refractivity contribution >= 4 is 23.2 Å². The van der Waals surface area contributed by atoms with Crippen molar-refractivity contribution in [1.29, 1.82) is 0 Å². The van der Waals surface area contributed by atoms with Crippen LogP contribution in [-0.4, -0.2) is 69.5 Å². The summed E-state index contributed by atoms with van der Waals surface area (Å²) in [5, 5.41) is 5.76. The number of hydrogen-bond acceptors (Lipinski definition) is 7. The van der Waals surface area contributed by atoms with Gasteiger partial charge in [0.1, 0.15) is 0 Å². The standard InChI is InChI=1S/C30H33FN4O5/c1-19-25(20-5-7-21(8-6-20)29(36)33-18-24-4-3-11-40-24)14-22(17-32-19)34-30(37)26-15-23(16-27(31)28(26)38-2)35-9-12-39-13-10-35/h5-8,14-17,24H,3-4,9-13,18H2,1-2H3,(H,33,36)(H,34,37). The van der Waals surface area contributed by atoms with Crippen molar-refractivity contribution < 1.29 is 28.2 Å². The molecule has 10 heteroatoms. The van der Waals surface area contributed by atoms with Crippen molar-refractivity contribution in [1.82, 2.24) is 10.3 Å². The molecule has 2 aromatic carbocycles. The first-order chi connectivity index (χ1) is 19.4. The number of halogens is 1. The van der Waals surface area contributed by atoms with E-state index in [9.17, 15) is 14.0 Å². The van der Waals surface area contributed by atoms with Crippen LogP contribution in [-0.2, 0) is 9.47 Å². The molecule has 1 unspecified atom stereocenters. The van der Waals surface area contributed by atoms with E-state index in [1.807, 2.05) is 24.0 Å². The number of carbonyl (C=O) groups excluding carboxylic acids is 2. The molecule has 5 rings (SSSR count). The van der Waals surface area contributed by atoms with Crippen molar-refractivity contribution in [3.8, 4) is 16.9 Å². The molecule has 3 heterocycles. The molecule has 2 saturated heterocycles. The molecule has 1 aromatic heterocycles. The third-order valence-corrected chi connectivity index (χ3v) is 7.17. The summed E-state index contributed by atoms with van der Waals surface area (Å²) in [7, 11) is 1.33. The molecule has 9 nitrogen and oxygen atoms in total. The Morgan fingerprint density at radius 1 is 1.10 bits per heavy atom. The molecule has 2 amide bonds. The number of amides is 2. The molecule has 0 radical (unpaired) electrons. The Balaban J connectivity index is 1.32. The zero-order chi connectivity index (χ0) is 28.1. The zero-order valence-electron chi connectivity index (χ0n) is 22.7. The van der Waals surface area contributed by atoms with Gasteiger partial charge in [-0.15, -0.1) is 0 Å². The predicted octanol–water partition coefficient (Wildman–Crippen LogP) is 4.20. The van der Waals surface area contributed by atoms with Crippen molar-refractivity contribution in [2.45, 2.75) is 25.9 Å². The van der Waals surface area contributed by atoms with Gasteiger partial charge >= 0.3 is 0 Å². The Morgan fingerprint density at radius 3 is 2.58 bits per heavy atom. The molecule has 2 N–H and O–H groups in total. The number of pyridine rings is 1. The van der Waals surface area contributed by atoms with Gasteiger partial charge in [-0.1, -0.05) is 12.1 Å². The summed E-state index contributed by atoms with van der Waals surface area (Å²) in [5.74, 6) is -1.40. The fraction of sp³-hybridized carbons (Fsp3) is 0.367. The fourth-order valence-corrected chi connectivity index (χ4v) is 4.97. The number of rotatable bonds is 8. The highest BCUT2D eigenvalue weighted by atomic mass is 19.1. The van der Waals surface area contributed by atoms with Crippen molar-refractivity contribution in [2.75, 3.05) is 56.8 Å². The van der Waals surface area contributed by atoms with Crippen molar-refractivity contribution in [2.24, 2.45) is 0 Å². The lowest BCUT2D eigenvalue weighted by molar-refractivity contribution is 0.0857. The first kappa shape index (κ1) is 27.5. The van der Waals surface area contributed by atoms with Gasteiger partial charge in [0.25, 0.3) is 11.8 Å².